The van der Waals surface area contributed by atoms with Gasteiger partial charge in [0.2, 0.25) is 0 Å². The van der Waals surface area contributed by atoms with Gasteiger partial charge in [-0.05, 0) is 49.7 Å². The molecule has 0 radical (unpaired) electrons. The smallest absolute Gasteiger partial charge is 0.0642 e. The lowest BCUT2D eigenvalue weighted by Crippen LogP contribution is -2.37. The molecular formula is C17H24N2. The van der Waals surface area contributed by atoms with Gasteiger partial charge in [0.05, 0.1) is 12.1 Å². The fourth-order valence-corrected chi connectivity index (χ4v) is 3.24. The fourth-order valence-electron chi connectivity index (χ4n) is 3.24. The molecule has 0 heterocycles. The van der Waals surface area contributed by atoms with E-state index >= 15 is 0 Å². The van der Waals surface area contributed by atoms with Crippen LogP contribution in [-0.2, 0) is 6.54 Å². The minimum absolute atomic E-state index is 0.0440. The lowest BCUT2D eigenvalue weighted by Gasteiger charge is -2.20. The van der Waals surface area contributed by atoms with Gasteiger partial charge in [0.1, 0.15) is 0 Å². The van der Waals surface area contributed by atoms with Crippen molar-refractivity contribution in [1.82, 2.24) is 0 Å². The molecule has 2 aliphatic rings. The summed E-state index contributed by atoms with van der Waals surface area (Å²) >= 11 is 0. The zero-order valence-electron chi connectivity index (χ0n) is 11.9. The second-order valence-corrected chi connectivity index (χ2v) is 6.27. The van der Waals surface area contributed by atoms with E-state index in [1.54, 1.807) is 0 Å². The van der Waals surface area contributed by atoms with E-state index in [0.717, 1.165) is 19.4 Å². The standard InChI is InChI=1S/C17H24N2/c1-13-6-2-3-9-15(13)12-19-16(17(18)10-11-17)14-7-4-5-8-14/h2-3,6,9,14H,4-5,7-8,10-12,18H2,1H3/b19-16-. The zero-order valence-corrected chi connectivity index (χ0v) is 11.9. The third-order valence-electron chi connectivity index (χ3n) is 4.72. The highest BCUT2D eigenvalue weighted by Crippen LogP contribution is 2.41. The van der Waals surface area contributed by atoms with Crippen LogP contribution in [0.2, 0.25) is 0 Å². The van der Waals surface area contributed by atoms with Gasteiger partial charge >= 0.3 is 0 Å². The minimum Gasteiger partial charge on any atom is -0.320 e. The Kier molecular flexibility index (Phi) is 3.44. The lowest BCUT2D eigenvalue weighted by atomic mass is 9.94. The molecule has 2 aliphatic carbocycles. The summed E-state index contributed by atoms with van der Waals surface area (Å²) in [6.07, 6.45) is 7.57. The van der Waals surface area contributed by atoms with Crippen LogP contribution in [-0.4, -0.2) is 11.3 Å². The topological polar surface area (TPSA) is 38.4 Å². The van der Waals surface area contributed by atoms with Crippen LogP contribution < -0.4 is 5.73 Å². The average Bonchev–Trinajstić information content (AvgIpc) is 2.93. The molecule has 0 bridgehead atoms. The summed E-state index contributed by atoms with van der Waals surface area (Å²) in [4.78, 5) is 4.96. The van der Waals surface area contributed by atoms with Crippen molar-refractivity contribution in [2.75, 3.05) is 0 Å². The Hall–Kier alpha value is -1.15. The Morgan fingerprint density at radius 1 is 1.26 bits per heavy atom. The first kappa shape index (κ1) is 12.9. The molecule has 2 N–H and O–H groups in total. The largest absolute Gasteiger partial charge is 0.320 e. The Balaban J connectivity index is 1.80. The van der Waals surface area contributed by atoms with Crippen LogP contribution in [0.15, 0.2) is 29.3 Å². The van der Waals surface area contributed by atoms with Gasteiger partial charge in [-0.15, -0.1) is 0 Å². The van der Waals surface area contributed by atoms with Crippen LogP contribution in [0.1, 0.15) is 49.7 Å². The highest BCUT2D eigenvalue weighted by Gasteiger charge is 2.46. The van der Waals surface area contributed by atoms with Crippen molar-refractivity contribution >= 4 is 5.71 Å². The van der Waals surface area contributed by atoms with E-state index in [4.69, 9.17) is 10.7 Å². The van der Waals surface area contributed by atoms with Gasteiger partial charge in [-0.3, -0.25) is 4.99 Å². The third kappa shape index (κ3) is 2.74. The van der Waals surface area contributed by atoms with Crippen LogP contribution in [0, 0.1) is 12.8 Å². The second-order valence-electron chi connectivity index (χ2n) is 6.27. The Morgan fingerprint density at radius 2 is 1.95 bits per heavy atom. The van der Waals surface area contributed by atoms with Gasteiger partial charge in [-0.1, -0.05) is 37.1 Å². The Labute approximate surface area is 116 Å². The molecule has 3 rings (SSSR count). The first-order valence-corrected chi connectivity index (χ1v) is 7.57. The van der Waals surface area contributed by atoms with Crippen molar-refractivity contribution in [3.63, 3.8) is 0 Å². The molecule has 0 aromatic heterocycles. The predicted octanol–water partition coefficient (Wildman–Crippen LogP) is 3.62. The van der Waals surface area contributed by atoms with Gasteiger partial charge in [-0.2, -0.15) is 0 Å². The number of rotatable bonds is 4. The highest BCUT2D eigenvalue weighted by atomic mass is 14.9. The second kappa shape index (κ2) is 5.09. The van der Waals surface area contributed by atoms with E-state index in [-0.39, 0.29) is 5.54 Å². The van der Waals surface area contributed by atoms with Crippen LogP contribution in [0.3, 0.4) is 0 Å². The van der Waals surface area contributed by atoms with Crippen molar-refractivity contribution in [2.24, 2.45) is 16.6 Å². The average molecular weight is 256 g/mol. The van der Waals surface area contributed by atoms with E-state index in [2.05, 4.69) is 31.2 Å². The van der Waals surface area contributed by atoms with Gasteiger partial charge in [-0.25, -0.2) is 0 Å². The van der Waals surface area contributed by atoms with Crippen LogP contribution in [0.5, 0.6) is 0 Å². The van der Waals surface area contributed by atoms with Crippen molar-refractivity contribution in [1.29, 1.82) is 0 Å². The molecule has 2 saturated carbocycles. The molecule has 2 fully saturated rings. The van der Waals surface area contributed by atoms with Crippen LogP contribution in [0.25, 0.3) is 0 Å². The molecule has 0 amide bonds. The molecule has 0 aliphatic heterocycles. The lowest BCUT2D eigenvalue weighted by molar-refractivity contribution is 0.674. The normalized spacial score (nSPS) is 22.7. The number of benzene rings is 1. The molecule has 0 unspecified atom stereocenters. The molecule has 0 spiro atoms. The number of hydrogen-bond donors (Lipinski definition) is 1. The van der Waals surface area contributed by atoms with Crippen LogP contribution in [0.4, 0.5) is 0 Å². The molecule has 2 nitrogen and oxygen atoms in total. The molecule has 2 heteroatoms. The summed E-state index contributed by atoms with van der Waals surface area (Å²) in [6.45, 7) is 2.97. The maximum absolute atomic E-state index is 6.44. The molecule has 1 aromatic carbocycles. The van der Waals surface area contributed by atoms with Crippen molar-refractivity contribution in [3.8, 4) is 0 Å². The molecule has 19 heavy (non-hydrogen) atoms. The van der Waals surface area contributed by atoms with Gasteiger partial charge in [0.25, 0.3) is 0 Å². The number of hydrogen-bond acceptors (Lipinski definition) is 2. The van der Waals surface area contributed by atoms with Crippen molar-refractivity contribution in [3.05, 3.63) is 35.4 Å². The summed E-state index contributed by atoms with van der Waals surface area (Å²) in [5.41, 5.74) is 10.4. The number of nitrogens with zero attached hydrogens (tertiary/aromatic N) is 1. The summed E-state index contributed by atoms with van der Waals surface area (Å²) in [5, 5.41) is 0. The van der Waals surface area contributed by atoms with Gasteiger partial charge in [0.15, 0.2) is 0 Å². The number of nitrogens with two attached hydrogens (primary N) is 1. The van der Waals surface area contributed by atoms with E-state index < -0.39 is 0 Å². The number of aryl methyl sites for hydroxylation is 1. The monoisotopic (exact) mass is 256 g/mol. The van der Waals surface area contributed by atoms with Crippen molar-refractivity contribution < 1.29 is 0 Å². The molecule has 1 aromatic rings. The van der Waals surface area contributed by atoms with Crippen molar-refractivity contribution in [2.45, 2.75) is 57.5 Å². The maximum Gasteiger partial charge on any atom is 0.0642 e. The first-order chi connectivity index (χ1) is 9.19. The van der Waals surface area contributed by atoms with Crippen LogP contribution >= 0.6 is 0 Å². The number of aliphatic imine (C=N–C) groups is 1. The Bertz CT molecular complexity index is 480. The van der Waals surface area contributed by atoms with Gasteiger partial charge in [0, 0.05) is 5.71 Å². The van der Waals surface area contributed by atoms with E-state index in [9.17, 15) is 0 Å². The summed E-state index contributed by atoms with van der Waals surface area (Å²) in [6, 6.07) is 8.53. The highest BCUT2D eigenvalue weighted by molar-refractivity contribution is 5.98. The first-order valence-electron chi connectivity index (χ1n) is 7.57. The molecule has 102 valence electrons. The third-order valence-corrected chi connectivity index (χ3v) is 4.72. The maximum atomic E-state index is 6.44. The summed E-state index contributed by atoms with van der Waals surface area (Å²) < 4.78 is 0. The van der Waals surface area contributed by atoms with E-state index in [0.29, 0.717) is 5.92 Å². The molecule has 0 atom stereocenters. The van der Waals surface area contributed by atoms with E-state index in [1.165, 1.54) is 42.5 Å². The summed E-state index contributed by atoms with van der Waals surface area (Å²) in [7, 11) is 0. The zero-order chi connectivity index (χ0) is 13.3. The minimum atomic E-state index is -0.0440. The molecular weight excluding hydrogens is 232 g/mol. The fraction of sp³-hybridized carbons (Fsp3) is 0.588. The summed E-state index contributed by atoms with van der Waals surface area (Å²) in [5.74, 6) is 0.663. The SMILES string of the molecule is Cc1ccccc1C/N=C(/C1CCCC1)C1(N)CC1. The Morgan fingerprint density at radius 3 is 2.58 bits per heavy atom. The predicted molar refractivity (Wildman–Crippen MR) is 80.4 cm³/mol. The molecule has 0 saturated heterocycles. The van der Waals surface area contributed by atoms with E-state index in [1.807, 2.05) is 0 Å². The quantitative estimate of drug-likeness (QED) is 0.821. The van der Waals surface area contributed by atoms with Gasteiger partial charge < -0.3 is 5.73 Å².